The first-order chi connectivity index (χ1) is 6.40. The molecule has 0 atom stereocenters. The summed E-state index contributed by atoms with van der Waals surface area (Å²) in [5, 5.41) is 0. The van der Waals surface area contributed by atoms with E-state index in [-0.39, 0.29) is 0 Å². The van der Waals surface area contributed by atoms with Gasteiger partial charge in [-0.3, -0.25) is 0 Å². The van der Waals surface area contributed by atoms with E-state index < -0.39 is 6.98 Å². The van der Waals surface area contributed by atoms with E-state index in [9.17, 15) is 12.9 Å². The van der Waals surface area contributed by atoms with E-state index in [1.807, 2.05) is 0 Å². The minimum atomic E-state index is -4.85. The summed E-state index contributed by atoms with van der Waals surface area (Å²) in [6.07, 6.45) is 1.10. The third-order valence-corrected chi connectivity index (χ3v) is 2.66. The van der Waals surface area contributed by atoms with Crippen LogP contribution in [0.4, 0.5) is 12.9 Å². The largest absolute Gasteiger partial charge is 0.502 e. The lowest BCUT2D eigenvalue weighted by Crippen LogP contribution is -2.09. The molecular formula is C9H8BBrF3-. The molecule has 0 N–H and O–H groups in total. The number of halogens is 4. The molecule has 1 rings (SSSR count). The van der Waals surface area contributed by atoms with E-state index in [0.717, 1.165) is 16.1 Å². The first kappa shape index (κ1) is 11.4. The number of hydrogen-bond donors (Lipinski definition) is 0. The fourth-order valence-corrected chi connectivity index (χ4v) is 1.40. The smallest absolute Gasteiger partial charge is 0.445 e. The highest BCUT2D eigenvalue weighted by molar-refractivity contribution is 9.10. The molecule has 14 heavy (non-hydrogen) atoms. The van der Waals surface area contributed by atoms with Crippen LogP contribution in [0.15, 0.2) is 28.6 Å². The van der Waals surface area contributed by atoms with Crippen LogP contribution in [0.3, 0.4) is 0 Å². The van der Waals surface area contributed by atoms with E-state index in [2.05, 4.69) is 15.9 Å². The zero-order chi connectivity index (χ0) is 10.8. The van der Waals surface area contributed by atoms with Gasteiger partial charge in [-0.1, -0.05) is 34.1 Å². The van der Waals surface area contributed by atoms with Gasteiger partial charge in [0, 0.05) is 4.47 Å². The van der Waals surface area contributed by atoms with Crippen molar-refractivity contribution in [3.8, 4) is 0 Å². The average molecular weight is 264 g/mol. The molecule has 0 amide bonds. The average Bonchev–Trinajstić information content (AvgIpc) is 2.06. The van der Waals surface area contributed by atoms with Gasteiger partial charge < -0.3 is 12.9 Å². The van der Waals surface area contributed by atoms with E-state index in [0.29, 0.717) is 11.5 Å². The van der Waals surface area contributed by atoms with Crippen molar-refractivity contribution in [2.24, 2.45) is 0 Å². The Bertz CT molecular complexity index is 358. The van der Waals surface area contributed by atoms with Gasteiger partial charge in [0.15, 0.2) is 0 Å². The van der Waals surface area contributed by atoms with E-state index in [1.165, 1.54) is 0 Å². The number of benzene rings is 1. The fourth-order valence-electron chi connectivity index (χ4n) is 1.02. The van der Waals surface area contributed by atoms with Gasteiger partial charge in [-0.05, 0) is 24.1 Å². The van der Waals surface area contributed by atoms with Gasteiger partial charge >= 0.3 is 6.98 Å². The van der Waals surface area contributed by atoms with Crippen LogP contribution in [-0.4, -0.2) is 6.98 Å². The van der Waals surface area contributed by atoms with Gasteiger partial charge in [0.2, 0.25) is 0 Å². The second kappa shape index (κ2) is 4.21. The first-order valence-electron chi connectivity index (χ1n) is 4.04. The lowest BCUT2D eigenvalue weighted by Gasteiger charge is -2.08. The Hall–Kier alpha value is -0.705. The van der Waals surface area contributed by atoms with Gasteiger partial charge in [-0.25, -0.2) is 0 Å². The molecule has 0 heterocycles. The van der Waals surface area contributed by atoms with E-state index in [1.54, 1.807) is 25.1 Å². The predicted octanol–water partition coefficient (Wildman–Crippen LogP) is 4.16. The van der Waals surface area contributed by atoms with Crippen LogP contribution in [0.1, 0.15) is 11.1 Å². The molecule has 0 bridgehead atoms. The Balaban J connectivity index is 2.98. The molecule has 0 aliphatic rings. The molecule has 0 nitrogen and oxygen atoms in total. The summed E-state index contributed by atoms with van der Waals surface area (Å²) in [6, 6.07) is 5.16. The van der Waals surface area contributed by atoms with Crippen molar-refractivity contribution >= 4 is 29.0 Å². The van der Waals surface area contributed by atoms with Crippen molar-refractivity contribution in [3.05, 3.63) is 39.8 Å². The lowest BCUT2D eigenvalue weighted by atomic mass is 9.90. The SMILES string of the molecule is Cc1c(Br)cccc1/C=C/[B-](F)(F)F. The third kappa shape index (κ3) is 3.22. The third-order valence-electron chi connectivity index (χ3n) is 1.80. The molecule has 76 valence electrons. The summed E-state index contributed by atoms with van der Waals surface area (Å²) in [4.78, 5) is 0. The zero-order valence-corrected chi connectivity index (χ0v) is 9.06. The second-order valence-electron chi connectivity index (χ2n) is 2.94. The zero-order valence-electron chi connectivity index (χ0n) is 7.48. The second-order valence-corrected chi connectivity index (χ2v) is 3.79. The molecule has 0 unspecified atom stereocenters. The van der Waals surface area contributed by atoms with Crippen molar-refractivity contribution in [2.75, 3.05) is 0 Å². The van der Waals surface area contributed by atoms with Gasteiger partial charge in [0.25, 0.3) is 0 Å². The molecule has 1 aromatic rings. The quantitative estimate of drug-likeness (QED) is 0.703. The Morgan fingerprint density at radius 1 is 1.29 bits per heavy atom. The van der Waals surface area contributed by atoms with Gasteiger partial charge in [0.1, 0.15) is 0 Å². The van der Waals surface area contributed by atoms with Gasteiger partial charge in [-0.2, -0.15) is 0 Å². The molecule has 0 aliphatic carbocycles. The lowest BCUT2D eigenvalue weighted by molar-refractivity contribution is 0.499. The Labute approximate surface area is 89.0 Å². The number of hydrogen-bond acceptors (Lipinski definition) is 0. The molecule has 0 aliphatic heterocycles. The molecule has 1 aromatic carbocycles. The Morgan fingerprint density at radius 2 is 1.93 bits per heavy atom. The molecule has 0 radical (unpaired) electrons. The van der Waals surface area contributed by atoms with Gasteiger partial charge in [0.05, 0.1) is 0 Å². The first-order valence-corrected chi connectivity index (χ1v) is 4.84. The van der Waals surface area contributed by atoms with E-state index >= 15 is 0 Å². The van der Waals surface area contributed by atoms with Crippen LogP contribution in [0, 0.1) is 6.92 Å². The highest BCUT2D eigenvalue weighted by Gasteiger charge is 2.17. The summed E-state index contributed by atoms with van der Waals surface area (Å²) in [6.45, 7) is -3.08. The van der Waals surface area contributed by atoms with Crippen molar-refractivity contribution in [2.45, 2.75) is 6.92 Å². The van der Waals surface area contributed by atoms with Crippen LogP contribution >= 0.6 is 15.9 Å². The minimum Gasteiger partial charge on any atom is -0.445 e. The Kier molecular flexibility index (Phi) is 3.42. The van der Waals surface area contributed by atoms with Crippen LogP contribution in [0.2, 0.25) is 0 Å². The summed E-state index contributed by atoms with van der Waals surface area (Å²) >= 11 is 3.26. The van der Waals surface area contributed by atoms with Crippen molar-refractivity contribution in [1.82, 2.24) is 0 Å². The molecule has 0 saturated heterocycles. The van der Waals surface area contributed by atoms with Crippen LogP contribution in [0.5, 0.6) is 0 Å². The van der Waals surface area contributed by atoms with Crippen molar-refractivity contribution < 1.29 is 12.9 Å². The summed E-state index contributed by atoms with van der Waals surface area (Å²) in [5.74, 6) is 0.300. The molecule has 0 aromatic heterocycles. The van der Waals surface area contributed by atoms with Crippen LogP contribution in [-0.2, 0) is 0 Å². The summed E-state index contributed by atoms with van der Waals surface area (Å²) < 4.78 is 36.6. The molecule has 5 heteroatoms. The standard InChI is InChI=1S/C9H8BBrF3/c1-7-8(3-2-4-9(7)11)5-6-10(12,13)14/h2-6H,1H3/q-1/b6-5+. The maximum Gasteiger partial charge on any atom is 0.502 e. The topological polar surface area (TPSA) is 0 Å². The Morgan fingerprint density at radius 3 is 2.50 bits per heavy atom. The summed E-state index contributed by atoms with van der Waals surface area (Å²) in [5.41, 5.74) is 1.39. The van der Waals surface area contributed by atoms with Crippen LogP contribution < -0.4 is 0 Å². The maximum atomic E-state index is 11.9. The summed E-state index contributed by atoms with van der Waals surface area (Å²) in [7, 11) is 0. The highest BCUT2D eigenvalue weighted by atomic mass is 79.9. The van der Waals surface area contributed by atoms with Crippen LogP contribution in [0.25, 0.3) is 6.08 Å². The molecule has 0 saturated carbocycles. The highest BCUT2D eigenvalue weighted by Crippen LogP contribution is 2.21. The van der Waals surface area contributed by atoms with Gasteiger partial charge in [-0.15, -0.1) is 5.98 Å². The fraction of sp³-hybridized carbons (Fsp3) is 0.111. The number of rotatable bonds is 2. The molecule has 0 spiro atoms. The predicted molar refractivity (Wildman–Crippen MR) is 57.0 cm³/mol. The maximum absolute atomic E-state index is 11.9. The van der Waals surface area contributed by atoms with Crippen molar-refractivity contribution in [3.63, 3.8) is 0 Å². The van der Waals surface area contributed by atoms with Crippen molar-refractivity contribution in [1.29, 1.82) is 0 Å². The normalized spacial score (nSPS) is 12.4. The van der Waals surface area contributed by atoms with E-state index in [4.69, 9.17) is 0 Å². The molecule has 0 fully saturated rings. The minimum absolute atomic E-state index is 0.300. The molecular weight excluding hydrogens is 256 g/mol. The monoisotopic (exact) mass is 263 g/mol.